The Morgan fingerprint density at radius 3 is 2.38 bits per heavy atom. The van der Waals surface area contributed by atoms with Crippen LogP contribution in [0.15, 0.2) is 0 Å². The second-order valence-electron chi connectivity index (χ2n) is 4.03. The van der Waals surface area contributed by atoms with Crippen molar-refractivity contribution >= 4 is 5.97 Å². The van der Waals surface area contributed by atoms with Gasteiger partial charge in [-0.1, -0.05) is 0 Å². The first-order valence-corrected chi connectivity index (χ1v) is 4.59. The van der Waals surface area contributed by atoms with E-state index in [0.29, 0.717) is 0 Å². The molecule has 0 atom stereocenters. The van der Waals surface area contributed by atoms with E-state index in [1.807, 2.05) is 7.05 Å². The molecule has 0 aliphatic carbocycles. The van der Waals surface area contributed by atoms with Crippen molar-refractivity contribution in [3.05, 3.63) is 0 Å². The number of aliphatic carboxylic acids is 1. The van der Waals surface area contributed by atoms with E-state index in [1.165, 1.54) is 0 Å². The number of aliphatic hydroxyl groups is 1. The number of rotatable bonds is 3. The fraction of sp³-hybridized carbons (Fsp3) is 0.889. The van der Waals surface area contributed by atoms with Crippen LogP contribution in [0, 0.1) is 5.41 Å². The summed E-state index contributed by atoms with van der Waals surface area (Å²) in [6.07, 6.45) is 1.66. The first-order chi connectivity index (χ1) is 6.08. The molecule has 0 bridgehead atoms. The molecule has 0 aromatic heterocycles. The Morgan fingerprint density at radius 2 is 2.00 bits per heavy atom. The van der Waals surface area contributed by atoms with Crippen LogP contribution in [0.5, 0.6) is 0 Å². The lowest BCUT2D eigenvalue weighted by molar-refractivity contribution is -0.141. The minimum atomic E-state index is -0.807. The van der Waals surface area contributed by atoms with Crippen LogP contribution >= 0.6 is 0 Å². The summed E-state index contributed by atoms with van der Waals surface area (Å²) in [5.41, 5.74) is -0.363. The molecule has 13 heavy (non-hydrogen) atoms. The molecule has 2 N–H and O–H groups in total. The Balaban J connectivity index is 2.55. The number of carbonyl (C=O) groups is 1. The molecular formula is C9H17NO3. The van der Waals surface area contributed by atoms with Crippen molar-refractivity contribution in [2.75, 3.05) is 26.7 Å². The van der Waals surface area contributed by atoms with E-state index >= 15 is 0 Å². The van der Waals surface area contributed by atoms with Gasteiger partial charge in [-0.25, -0.2) is 0 Å². The van der Waals surface area contributed by atoms with Crippen molar-refractivity contribution < 1.29 is 15.0 Å². The van der Waals surface area contributed by atoms with E-state index in [1.54, 1.807) is 0 Å². The zero-order valence-electron chi connectivity index (χ0n) is 7.99. The van der Waals surface area contributed by atoms with E-state index in [-0.39, 0.29) is 18.4 Å². The Labute approximate surface area is 78.2 Å². The summed E-state index contributed by atoms with van der Waals surface area (Å²) >= 11 is 0. The number of piperidine rings is 1. The van der Waals surface area contributed by atoms with Crippen LogP contribution in [0.2, 0.25) is 0 Å². The fourth-order valence-electron chi connectivity index (χ4n) is 1.80. The molecule has 1 fully saturated rings. The van der Waals surface area contributed by atoms with E-state index in [4.69, 9.17) is 5.11 Å². The van der Waals surface area contributed by atoms with Gasteiger partial charge in [0.15, 0.2) is 0 Å². The minimum Gasteiger partial charge on any atom is -0.481 e. The van der Waals surface area contributed by atoms with Gasteiger partial charge in [-0.15, -0.1) is 0 Å². The number of carboxylic acid groups (broad SMARTS) is 1. The van der Waals surface area contributed by atoms with E-state index < -0.39 is 5.97 Å². The predicted octanol–water partition coefficient (Wildman–Crippen LogP) is 0.165. The highest BCUT2D eigenvalue weighted by Gasteiger charge is 2.35. The Hall–Kier alpha value is -0.610. The maximum atomic E-state index is 10.6. The van der Waals surface area contributed by atoms with Gasteiger partial charge < -0.3 is 15.1 Å². The van der Waals surface area contributed by atoms with Gasteiger partial charge in [0, 0.05) is 12.0 Å². The lowest BCUT2D eigenvalue weighted by atomic mass is 9.76. The molecule has 4 heteroatoms. The monoisotopic (exact) mass is 187 g/mol. The molecule has 0 radical (unpaired) electrons. The first-order valence-electron chi connectivity index (χ1n) is 4.59. The predicted molar refractivity (Wildman–Crippen MR) is 48.5 cm³/mol. The van der Waals surface area contributed by atoms with Crippen LogP contribution in [-0.4, -0.2) is 47.8 Å². The van der Waals surface area contributed by atoms with Crippen LogP contribution < -0.4 is 0 Å². The highest BCUT2D eigenvalue weighted by atomic mass is 16.4. The summed E-state index contributed by atoms with van der Waals surface area (Å²) in [5.74, 6) is -0.807. The van der Waals surface area contributed by atoms with E-state index in [2.05, 4.69) is 4.90 Å². The molecule has 0 aromatic carbocycles. The summed E-state index contributed by atoms with van der Waals surface area (Å²) in [4.78, 5) is 12.8. The molecule has 1 saturated heterocycles. The first kappa shape index (κ1) is 10.5. The van der Waals surface area contributed by atoms with Gasteiger partial charge in [0.05, 0.1) is 6.42 Å². The smallest absolute Gasteiger partial charge is 0.303 e. The summed E-state index contributed by atoms with van der Waals surface area (Å²) in [6, 6.07) is 0. The second-order valence-corrected chi connectivity index (χ2v) is 4.03. The summed E-state index contributed by atoms with van der Waals surface area (Å²) < 4.78 is 0. The van der Waals surface area contributed by atoms with Crippen molar-refractivity contribution in [1.82, 2.24) is 4.90 Å². The Kier molecular flexibility index (Phi) is 3.27. The van der Waals surface area contributed by atoms with Gasteiger partial charge in [0.25, 0.3) is 0 Å². The van der Waals surface area contributed by atoms with Gasteiger partial charge in [-0.05, 0) is 33.0 Å². The zero-order chi connectivity index (χ0) is 9.90. The van der Waals surface area contributed by atoms with Crippen molar-refractivity contribution in [2.45, 2.75) is 19.3 Å². The van der Waals surface area contributed by atoms with Crippen LogP contribution in [0.3, 0.4) is 0 Å². The maximum absolute atomic E-state index is 10.6. The van der Waals surface area contributed by atoms with Crippen molar-refractivity contribution in [2.24, 2.45) is 5.41 Å². The minimum absolute atomic E-state index is 0.00681. The molecule has 0 aromatic rings. The van der Waals surface area contributed by atoms with Gasteiger partial charge in [-0.2, -0.15) is 0 Å². The quantitative estimate of drug-likeness (QED) is 0.661. The Morgan fingerprint density at radius 1 is 1.46 bits per heavy atom. The average molecular weight is 187 g/mol. The van der Waals surface area contributed by atoms with Crippen molar-refractivity contribution in [1.29, 1.82) is 0 Å². The number of aliphatic hydroxyl groups excluding tert-OH is 1. The molecule has 4 nitrogen and oxygen atoms in total. The molecule has 0 spiro atoms. The topological polar surface area (TPSA) is 60.8 Å². The average Bonchev–Trinajstić information content (AvgIpc) is 2.09. The summed E-state index contributed by atoms with van der Waals surface area (Å²) in [6.45, 7) is 1.76. The molecule has 1 aliphatic rings. The van der Waals surface area contributed by atoms with Crippen molar-refractivity contribution in [3.8, 4) is 0 Å². The molecule has 0 unspecified atom stereocenters. The normalized spacial score (nSPS) is 22.9. The lowest BCUT2D eigenvalue weighted by Gasteiger charge is -2.38. The third-order valence-corrected chi connectivity index (χ3v) is 2.91. The molecule has 76 valence electrons. The SMILES string of the molecule is CN1CCC(CO)(CC(=O)O)CC1. The standard InChI is InChI=1S/C9H17NO3/c1-10-4-2-9(7-11,3-5-10)6-8(12)13/h11H,2-7H2,1H3,(H,12,13). The second kappa shape index (κ2) is 4.07. The van der Waals surface area contributed by atoms with Gasteiger partial charge in [0.2, 0.25) is 0 Å². The van der Waals surface area contributed by atoms with Crippen LogP contribution in [0.25, 0.3) is 0 Å². The zero-order valence-corrected chi connectivity index (χ0v) is 7.99. The van der Waals surface area contributed by atoms with Gasteiger partial charge in [0.1, 0.15) is 0 Å². The Bertz CT molecular complexity index is 185. The molecule has 0 saturated carbocycles. The number of hydrogen-bond donors (Lipinski definition) is 2. The molecule has 1 rings (SSSR count). The summed E-state index contributed by atoms with van der Waals surface area (Å²) in [5, 5.41) is 17.9. The molecule has 0 amide bonds. The maximum Gasteiger partial charge on any atom is 0.303 e. The highest BCUT2D eigenvalue weighted by molar-refractivity contribution is 5.67. The van der Waals surface area contributed by atoms with E-state index in [9.17, 15) is 9.90 Å². The van der Waals surface area contributed by atoms with E-state index in [0.717, 1.165) is 25.9 Å². The van der Waals surface area contributed by atoms with Gasteiger partial charge in [-0.3, -0.25) is 4.79 Å². The molecular weight excluding hydrogens is 170 g/mol. The van der Waals surface area contributed by atoms with Crippen LogP contribution in [0.4, 0.5) is 0 Å². The number of carboxylic acids is 1. The van der Waals surface area contributed by atoms with Crippen molar-refractivity contribution in [3.63, 3.8) is 0 Å². The number of hydrogen-bond acceptors (Lipinski definition) is 3. The number of likely N-dealkylation sites (tertiary alicyclic amines) is 1. The third-order valence-electron chi connectivity index (χ3n) is 2.91. The molecule has 1 heterocycles. The van der Waals surface area contributed by atoms with Crippen LogP contribution in [-0.2, 0) is 4.79 Å². The van der Waals surface area contributed by atoms with Crippen LogP contribution in [0.1, 0.15) is 19.3 Å². The largest absolute Gasteiger partial charge is 0.481 e. The number of nitrogens with zero attached hydrogens (tertiary/aromatic N) is 1. The summed E-state index contributed by atoms with van der Waals surface area (Å²) in [7, 11) is 2.02. The third kappa shape index (κ3) is 2.67. The lowest BCUT2D eigenvalue weighted by Crippen LogP contribution is -2.41. The highest BCUT2D eigenvalue weighted by Crippen LogP contribution is 2.33. The fourth-order valence-corrected chi connectivity index (χ4v) is 1.80. The molecule has 1 aliphatic heterocycles. The van der Waals surface area contributed by atoms with Gasteiger partial charge >= 0.3 is 5.97 Å².